The zero-order valence-corrected chi connectivity index (χ0v) is 16.8. The van der Waals surface area contributed by atoms with Crippen molar-refractivity contribution in [2.45, 2.75) is 19.4 Å². The van der Waals surface area contributed by atoms with Gasteiger partial charge in [-0.05, 0) is 11.6 Å². The monoisotopic (exact) mass is 394 g/mol. The SMILES string of the molecule is CC(=O)N[C@@H](Cc1c[nH]c2ccccc12)C(=O)N1CCN(c2cnn(C)c2)CC1. The number of hydrogen-bond donors (Lipinski definition) is 2. The fourth-order valence-electron chi connectivity index (χ4n) is 3.94. The summed E-state index contributed by atoms with van der Waals surface area (Å²) in [6.45, 7) is 4.19. The number of H-pyrrole nitrogens is 1. The Morgan fingerprint density at radius 3 is 2.66 bits per heavy atom. The summed E-state index contributed by atoms with van der Waals surface area (Å²) in [5.74, 6) is -0.228. The van der Waals surface area contributed by atoms with Crippen LogP contribution >= 0.6 is 0 Å². The van der Waals surface area contributed by atoms with Crippen LogP contribution in [0.4, 0.5) is 5.69 Å². The van der Waals surface area contributed by atoms with E-state index in [0.717, 1.165) is 35.2 Å². The zero-order valence-electron chi connectivity index (χ0n) is 16.8. The summed E-state index contributed by atoms with van der Waals surface area (Å²) in [7, 11) is 1.89. The van der Waals surface area contributed by atoms with Gasteiger partial charge in [0.25, 0.3) is 0 Å². The number of rotatable bonds is 5. The number of fused-ring (bicyclic) bond motifs is 1. The van der Waals surface area contributed by atoms with Crippen LogP contribution < -0.4 is 10.2 Å². The molecular weight excluding hydrogens is 368 g/mol. The first-order valence-corrected chi connectivity index (χ1v) is 9.86. The van der Waals surface area contributed by atoms with Crippen molar-refractivity contribution < 1.29 is 9.59 Å². The number of aryl methyl sites for hydroxylation is 1. The summed E-state index contributed by atoms with van der Waals surface area (Å²) in [4.78, 5) is 32.3. The van der Waals surface area contributed by atoms with E-state index >= 15 is 0 Å². The van der Waals surface area contributed by atoms with Gasteiger partial charge in [-0.15, -0.1) is 0 Å². The number of piperazine rings is 1. The fraction of sp³-hybridized carbons (Fsp3) is 0.381. The standard InChI is InChI=1S/C21H26N6O2/c1-15(28)24-20(11-16-12-22-19-6-4-3-5-18(16)19)21(29)27-9-7-26(8-10-27)17-13-23-25(2)14-17/h3-6,12-14,20,22H,7-11H2,1-2H3,(H,24,28)/t20-/m0/s1. The Balaban J connectivity index is 1.45. The van der Waals surface area contributed by atoms with E-state index in [1.165, 1.54) is 6.92 Å². The van der Waals surface area contributed by atoms with Crippen LogP contribution in [0.5, 0.6) is 0 Å². The van der Waals surface area contributed by atoms with Crippen molar-refractivity contribution in [3.8, 4) is 0 Å². The van der Waals surface area contributed by atoms with Gasteiger partial charge in [0.1, 0.15) is 6.04 Å². The quantitative estimate of drug-likeness (QED) is 0.683. The van der Waals surface area contributed by atoms with Gasteiger partial charge in [0.15, 0.2) is 0 Å². The van der Waals surface area contributed by atoms with Crippen LogP contribution in [-0.2, 0) is 23.1 Å². The van der Waals surface area contributed by atoms with Crippen molar-refractivity contribution in [3.05, 3.63) is 48.4 Å². The maximum absolute atomic E-state index is 13.2. The Hall–Kier alpha value is -3.29. The lowest BCUT2D eigenvalue weighted by Gasteiger charge is -2.37. The van der Waals surface area contributed by atoms with Gasteiger partial charge in [-0.3, -0.25) is 14.3 Å². The lowest BCUT2D eigenvalue weighted by Crippen LogP contribution is -2.55. The second-order valence-corrected chi connectivity index (χ2v) is 7.50. The highest BCUT2D eigenvalue weighted by Crippen LogP contribution is 2.20. The predicted octanol–water partition coefficient (Wildman–Crippen LogP) is 1.30. The molecule has 2 N–H and O–H groups in total. The minimum Gasteiger partial charge on any atom is -0.365 e. The van der Waals surface area contributed by atoms with E-state index in [2.05, 4.69) is 20.3 Å². The predicted molar refractivity (Wildman–Crippen MR) is 112 cm³/mol. The first-order chi connectivity index (χ1) is 14.0. The second-order valence-electron chi connectivity index (χ2n) is 7.50. The first kappa shape index (κ1) is 19.0. The number of amides is 2. The Morgan fingerprint density at radius 2 is 1.97 bits per heavy atom. The molecule has 0 bridgehead atoms. The van der Waals surface area contributed by atoms with Crippen molar-refractivity contribution >= 4 is 28.4 Å². The summed E-state index contributed by atoms with van der Waals surface area (Å²) in [6.07, 6.45) is 6.21. The molecule has 1 fully saturated rings. The molecule has 1 aliphatic rings. The fourth-order valence-corrected chi connectivity index (χ4v) is 3.94. The van der Waals surface area contributed by atoms with Crippen molar-refractivity contribution in [2.75, 3.05) is 31.1 Å². The second kappa shape index (κ2) is 7.98. The number of carbonyl (C=O) groups is 2. The molecule has 0 unspecified atom stereocenters. The first-order valence-electron chi connectivity index (χ1n) is 9.86. The van der Waals surface area contributed by atoms with E-state index in [0.29, 0.717) is 19.5 Å². The molecule has 1 aliphatic heterocycles. The van der Waals surface area contributed by atoms with Crippen molar-refractivity contribution in [1.82, 2.24) is 25.0 Å². The van der Waals surface area contributed by atoms with Crippen LogP contribution in [0.1, 0.15) is 12.5 Å². The van der Waals surface area contributed by atoms with Gasteiger partial charge in [-0.1, -0.05) is 18.2 Å². The molecular formula is C21H26N6O2. The van der Waals surface area contributed by atoms with Crippen LogP contribution in [-0.4, -0.2) is 63.7 Å². The Morgan fingerprint density at radius 1 is 1.21 bits per heavy atom. The number of aromatic amines is 1. The average molecular weight is 394 g/mol. The number of anilines is 1. The lowest BCUT2D eigenvalue weighted by atomic mass is 10.0. The zero-order chi connectivity index (χ0) is 20.4. The molecule has 0 saturated carbocycles. The van der Waals surface area contributed by atoms with Gasteiger partial charge >= 0.3 is 0 Å². The topological polar surface area (TPSA) is 86.3 Å². The maximum atomic E-state index is 13.2. The maximum Gasteiger partial charge on any atom is 0.245 e. The van der Waals surface area contributed by atoms with Gasteiger partial charge < -0.3 is 20.1 Å². The number of nitrogens with zero attached hydrogens (tertiary/aromatic N) is 4. The highest BCUT2D eigenvalue weighted by Gasteiger charge is 2.29. The van der Waals surface area contributed by atoms with Crippen molar-refractivity contribution in [3.63, 3.8) is 0 Å². The summed E-state index contributed by atoms with van der Waals surface area (Å²) >= 11 is 0. The number of nitrogens with one attached hydrogen (secondary N) is 2. The third-order valence-corrected chi connectivity index (χ3v) is 5.42. The molecule has 1 atom stereocenters. The minimum absolute atomic E-state index is 0.0312. The van der Waals surface area contributed by atoms with Gasteiger partial charge in [0.05, 0.1) is 11.9 Å². The average Bonchev–Trinajstić information content (AvgIpc) is 3.33. The van der Waals surface area contributed by atoms with Gasteiger partial charge in [0.2, 0.25) is 11.8 Å². The van der Waals surface area contributed by atoms with Gasteiger partial charge in [-0.2, -0.15) is 5.10 Å². The summed E-state index contributed by atoms with van der Waals surface area (Å²) in [5.41, 5.74) is 3.13. The smallest absolute Gasteiger partial charge is 0.245 e. The molecule has 8 nitrogen and oxygen atoms in total. The largest absolute Gasteiger partial charge is 0.365 e. The van der Waals surface area contributed by atoms with Crippen molar-refractivity contribution in [1.29, 1.82) is 0 Å². The van der Waals surface area contributed by atoms with E-state index in [9.17, 15) is 9.59 Å². The van der Waals surface area contributed by atoms with Crippen LogP contribution in [0.3, 0.4) is 0 Å². The van der Waals surface area contributed by atoms with E-state index in [-0.39, 0.29) is 11.8 Å². The summed E-state index contributed by atoms with van der Waals surface area (Å²) in [6, 6.07) is 7.42. The molecule has 0 aliphatic carbocycles. The molecule has 3 aromatic rings. The molecule has 29 heavy (non-hydrogen) atoms. The van der Waals surface area contributed by atoms with E-state index in [1.54, 1.807) is 4.68 Å². The van der Waals surface area contributed by atoms with E-state index in [1.807, 2.05) is 54.8 Å². The lowest BCUT2D eigenvalue weighted by molar-refractivity contribution is -0.136. The number of hydrogen-bond acceptors (Lipinski definition) is 4. The van der Waals surface area contributed by atoms with E-state index in [4.69, 9.17) is 0 Å². The molecule has 4 rings (SSSR count). The van der Waals surface area contributed by atoms with E-state index < -0.39 is 6.04 Å². The summed E-state index contributed by atoms with van der Waals surface area (Å²) < 4.78 is 1.78. The van der Waals surface area contributed by atoms with Crippen LogP contribution in [0.25, 0.3) is 10.9 Å². The molecule has 2 amide bonds. The number of benzene rings is 1. The Labute approximate surface area is 169 Å². The molecule has 1 saturated heterocycles. The third-order valence-electron chi connectivity index (χ3n) is 5.42. The molecule has 3 heterocycles. The molecule has 152 valence electrons. The Kier molecular flexibility index (Phi) is 5.24. The normalized spacial score (nSPS) is 15.5. The highest BCUT2D eigenvalue weighted by molar-refractivity contribution is 5.89. The van der Waals surface area contributed by atoms with Gasteiger partial charge in [-0.25, -0.2) is 0 Å². The molecule has 0 spiro atoms. The van der Waals surface area contributed by atoms with Crippen LogP contribution in [0, 0.1) is 0 Å². The molecule has 8 heteroatoms. The Bertz CT molecular complexity index is 1020. The molecule has 0 radical (unpaired) electrons. The van der Waals surface area contributed by atoms with Gasteiger partial charge in [0, 0.05) is 69.9 Å². The minimum atomic E-state index is -0.573. The number of aromatic nitrogens is 3. The molecule has 1 aromatic carbocycles. The highest BCUT2D eigenvalue weighted by atomic mass is 16.2. The van der Waals surface area contributed by atoms with Crippen LogP contribution in [0.2, 0.25) is 0 Å². The summed E-state index contributed by atoms with van der Waals surface area (Å²) in [5, 5.41) is 8.15. The third kappa shape index (κ3) is 4.11. The van der Waals surface area contributed by atoms with Crippen LogP contribution in [0.15, 0.2) is 42.9 Å². The van der Waals surface area contributed by atoms with Crippen molar-refractivity contribution in [2.24, 2.45) is 7.05 Å². The number of para-hydroxylation sites is 1. The number of carbonyl (C=O) groups excluding carboxylic acids is 2. The molecule has 2 aromatic heterocycles.